The average Bonchev–Trinajstić information content (AvgIpc) is 2.52. The maximum absolute atomic E-state index is 8.90. The number of hydrogen-bond donors (Lipinski definition) is 2. The van der Waals surface area contributed by atoms with Gasteiger partial charge in [0.05, 0.1) is 19.8 Å². The van der Waals surface area contributed by atoms with Gasteiger partial charge in [0.2, 0.25) is 0 Å². The van der Waals surface area contributed by atoms with E-state index in [4.69, 9.17) is 14.9 Å². The summed E-state index contributed by atoms with van der Waals surface area (Å²) in [5, 5.41) is 17.8. The van der Waals surface area contributed by atoms with E-state index in [1.807, 2.05) is 4.90 Å². The molecule has 0 aliphatic heterocycles. The van der Waals surface area contributed by atoms with Gasteiger partial charge in [-0.25, -0.2) is 0 Å². The molecular weight excluding hydrogens is 278 g/mol. The van der Waals surface area contributed by atoms with E-state index in [1.54, 1.807) is 0 Å². The van der Waals surface area contributed by atoms with Gasteiger partial charge in [0.15, 0.2) is 0 Å². The molecule has 0 fully saturated rings. The van der Waals surface area contributed by atoms with Crippen molar-refractivity contribution >= 4 is 0 Å². The summed E-state index contributed by atoms with van der Waals surface area (Å²) in [6.07, 6.45) is 13.5. The summed E-state index contributed by atoms with van der Waals surface area (Å²) >= 11 is 0. The Labute approximate surface area is 137 Å². The third kappa shape index (κ3) is 16.2. The fourth-order valence-corrected chi connectivity index (χ4v) is 2.61. The number of rotatable bonds is 18. The summed E-state index contributed by atoms with van der Waals surface area (Å²) in [7, 11) is 0. The Hall–Kier alpha value is -0.160. The van der Waals surface area contributed by atoms with Crippen LogP contribution in [-0.4, -0.2) is 61.2 Å². The highest BCUT2D eigenvalue weighted by molar-refractivity contribution is 4.55. The molecule has 0 radical (unpaired) electrons. The molecule has 22 heavy (non-hydrogen) atoms. The number of unbranched alkanes of at least 4 members (excludes halogenated alkanes) is 9. The van der Waals surface area contributed by atoms with Gasteiger partial charge in [0.25, 0.3) is 0 Å². The van der Waals surface area contributed by atoms with Crippen LogP contribution in [0.1, 0.15) is 71.1 Å². The minimum Gasteiger partial charge on any atom is -0.395 e. The van der Waals surface area contributed by atoms with Gasteiger partial charge in [-0.1, -0.05) is 64.7 Å². The summed E-state index contributed by atoms with van der Waals surface area (Å²) in [6, 6.07) is 0. The van der Waals surface area contributed by atoms with Crippen LogP contribution < -0.4 is 0 Å². The fraction of sp³-hybridized carbons (Fsp3) is 1.00. The van der Waals surface area contributed by atoms with Crippen molar-refractivity contribution in [1.82, 2.24) is 4.90 Å². The molecule has 134 valence electrons. The maximum Gasteiger partial charge on any atom is 0.0593 e. The molecule has 0 aromatic heterocycles. The molecule has 0 spiro atoms. The number of nitrogens with zero attached hydrogens (tertiary/aromatic N) is 1. The zero-order valence-electron chi connectivity index (χ0n) is 14.8. The van der Waals surface area contributed by atoms with Crippen molar-refractivity contribution in [3.05, 3.63) is 0 Å². The van der Waals surface area contributed by atoms with Gasteiger partial charge in [-0.2, -0.15) is 0 Å². The van der Waals surface area contributed by atoms with E-state index in [0.717, 1.165) is 19.6 Å². The first-order chi connectivity index (χ1) is 10.8. The van der Waals surface area contributed by atoms with Gasteiger partial charge in [0, 0.05) is 26.2 Å². The quantitative estimate of drug-likeness (QED) is 0.381. The fourth-order valence-electron chi connectivity index (χ4n) is 2.61. The Balaban J connectivity index is 3.16. The van der Waals surface area contributed by atoms with Crippen LogP contribution in [0, 0.1) is 0 Å². The lowest BCUT2D eigenvalue weighted by atomic mass is 10.1. The van der Waals surface area contributed by atoms with Crippen LogP contribution in [0.3, 0.4) is 0 Å². The second-order valence-corrected chi connectivity index (χ2v) is 6.08. The average molecular weight is 318 g/mol. The molecule has 0 bridgehead atoms. The Morgan fingerprint density at radius 1 is 0.636 bits per heavy atom. The molecule has 2 N–H and O–H groups in total. The lowest BCUT2D eigenvalue weighted by Crippen LogP contribution is -2.33. The molecule has 0 saturated carbocycles. The smallest absolute Gasteiger partial charge is 0.0593 e. The van der Waals surface area contributed by atoms with Crippen LogP contribution in [0.4, 0.5) is 0 Å². The lowest BCUT2D eigenvalue weighted by Gasteiger charge is -2.19. The number of aliphatic hydroxyl groups is 2. The monoisotopic (exact) mass is 317 g/mol. The van der Waals surface area contributed by atoms with E-state index in [2.05, 4.69) is 6.92 Å². The van der Waals surface area contributed by atoms with Gasteiger partial charge in [0.1, 0.15) is 0 Å². The first-order valence-corrected chi connectivity index (χ1v) is 9.37. The van der Waals surface area contributed by atoms with Crippen LogP contribution in [0.2, 0.25) is 0 Å². The molecule has 0 aromatic rings. The van der Waals surface area contributed by atoms with Crippen molar-refractivity contribution in [3.8, 4) is 0 Å². The number of hydrogen-bond acceptors (Lipinski definition) is 4. The third-order valence-corrected chi connectivity index (χ3v) is 4.03. The molecule has 0 atom stereocenters. The largest absolute Gasteiger partial charge is 0.395 e. The molecule has 0 aliphatic rings. The Morgan fingerprint density at radius 3 is 1.64 bits per heavy atom. The van der Waals surface area contributed by atoms with E-state index < -0.39 is 0 Å². The SMILES string of the molecule is CCCCCCCCCCCCOCCN(CCO)CCO. The van der Waals surface area contributed by atoms with E-state index in [1.165, 1.54) is 57.8 Å². The minimum absolute atomic E-state index is 0.137. The molecule has 0 heterocycles. The minimum atomic E-state index is 0.137. The second-order valence-electron chi connectivity index (χ2n) is 6.08. The zero-order chi connectivity index (χ0) is 16.3. The predicted octanol–water partition coefficient (Wildman–Crippen LogP) is 3.21. The molecule has 4 heteroatoms. The number of aliphatic hydroxyl groups excluding tert-OH is 2. The summed E-state index contributed by atoms with van der Waals surface area (Å²) in [5.74, 6) is 0. The first kappa shape index (κ1) is 21.8. The summed E-state index contributed by atoms with van der Waals surface area (Å²) in [5.41, 5.74) is 0. The Bertz CT molecular complexity index is 197. The lowest BCUT2D eigenvalue weighted by molar-refractivity contribution is 0.0849. The van der Waals surface area contributed by atoms with Gasteiger partial charge in [-0.3, -0.25) is 4.90 Å². The molecule has 4 nitrogen and oxygen atoms in total. The van der Waals surface area contributed by atoms with Crippen molar-refractivity contribution in [2.75, 3.05) is 46.1 Å². The first-order valence-electron chi connectivity index (χ1n) is 9.37. The van der Waals surface area contributed by atoms with Gasteiger partial charge >= 0.3 is 0 Å². The van der Waals surface area contributed by atoms with Crippen LogP contribution in [0.15, 0.2) is 0 Å². The molecule has 0 aliphatic carbocycles. The molecule has 0 amide bonds. The molecule has 0 saturated heterocycles. The highest BCUT2D eigenvalue weighted by atomic mass is 16.5. The summed E-state index contributed by atoms with van der Waals surface area (Å²) < 4.78 is 5.62. The van der Waals surface area contributed by atoms with Crippen LogP contribution >= 0.6 is 0 Å². The van der Waals surface area contributed by atoms with E-state index >= 15 is 0 Å². The van der Waals surface area contributed by atoms with E-state index in [0.29, 0.717) is 19.7 Å². The predicted molar refractivity (Wildman–Crippen MR) is 93.3 cm³/mol. The van der Waals surface area contributed by atoms with Crippen molar-refractivity contribution in [3.63, 3.8) is 0 Å². The maximum atomic E-state index is 8.90. The third-order valence-electron chi connectivity index (χ3n) is 4.03. The van der Waals surface area contributed by atoms with Crippen molar-refractivity contribution < 1.29 is 14.9 Å². The standard InChI is InChI=1S/C18H39NO3/c1-2-3-4-5-6-7-8-9-10-11-17-22-18-14-19(12-15-20)13-16-21/h20-21H,2-18H2,1H3. The Morgan fingerprint density at radius 2 is 1.14 bits per heavy atom. The second kappa shape index (κ2) is 18.9. The van der Waals surface area contributed by atoms with E-state index in [9.17, 15) is 0 Å². The topological polar surface area (TPSA) is 52.9 Å². The van der Waals surface area contributed by atoms with Crippen LogP contribution in [0.25, 0.3) is 0 Å². The molecular formula is C18H39NO3. The zero-order valence-corrected chi connectivity index (χ0v) is 14.8. The summed E-state index contributed by atoms with van der Waals surface area (Å²) in [6.45, 7) is 6.08. The normalized spacial score (nSPS) is 11.5. The summed E-state index contributed by atoms with van der Waals surface area (Å²) in [4.78, 5) is 2.03. The van der Waals surface area contributed by atoms with Crippen LogP contribution in [0.5, 0.6) is 0 Å². The highest BCUT2D eigenvalue weighted by Gasteiger charge is 2.02. The van der Waals surface area contributed by atoms with Crippen LogP contribution in [-0.2, 0) is 4.74 Å². The Kier molecular flexibility index (Phi) is 18.8. The molecule has 0 rings (SSSR count). The van der Waals surface area contributed by atoms with Gasteiger partial charge in [-0.05, 0) is 6.42 Å². The van der Waals surface area contributed by atoms with Gasteiger partial charge in [-0.15, -0.1) is 0 Å². The van der Waals surface area contributed by atoms with E-state index in [-0.39, 0.29) is 13.2 Å². The molecule has 0 unspecified atom stereocenters. The van der Waals surface area contributed by atoms with Crippen molar-refractivity contribution in [2.24, 2.45) is 0 Å². The molecule has 0 aromatic carbocycles. The number of ether oxygens (including phenoxy) is 1. The van der Waals surface area contributed by atoms with Crippen molar-refractivity contribution in [2.45, 2.75) is 71.1 Å². The highest BCUT2D eigenvalue weighted by Crippen LogP contribution is 2.10. The van der Waals surface area contributed by atoms with Gasteiger partial charge < -0.3 is 14.9 Å². The van der Waals surface area contributed by atoms with Crippen molar-refractivity contribution in [1.29, 1.82) is 0 Å².